The topological polar surface area (TPSA) is 75.9 Å². The van der Waals surface area contributed by atoms with Gasteiger partial charge in [0.1, 0.15) is 0 Å². The highest BCUT2D eigenvalue weighted by Gasteiger charge is 2.17. The molecule has 7 heteroatoms. The smallest absolute Gasteiger partial charge is 0.332 e. The first-order chi connectivity index (χ1) is 9.59. The summed E-state index contributed by atoms with van der Waals surface area (Å²) in [5.41, 5.74) is 0.152. The van der Waals surface area contributed by atoms with Gasteiger partial charge >= 0.3 is 5.69 Å². The van der Waals surface area contributed by atoms with Crippen LogP contribution in [-0.2, 0) is 14.1 Å². The molecule has 1 fully saturated rings. The van der Waals surface area contributed by atoms with E-state index >= 15 is 0 Å². The minimum absolute atomic E-state index is 0.323. The summed E-state index contributed by atoms with van der Waals surface area (Å²) in [5.74, 6) is 0.695. The van der Waals surface area contributed by atoms with Crippen LogP contribution in [0, 0.1) is 0 Å². The Kier molecular flexibility index (Phi) is 3.11. The van der Waals surface area contributed by atoms with Crippen LogP contribution < -0.4 is 16.1 Å². The zero-order valence-electron chi connectivity index (χ0n) is 11.8. The van der Waals surface area contributed by atoms with Crippen molar-refractivity contribution in [1.82, 2.24) is 19.1 Å². The molecule has 3 heterocycles. The second-order valence-corrected chi connectivity index (χ2v) is 5.37. The van der Waals surface area contributed by atoms with E-state index in [2.05, 4.69) is 14.9 Å². The Morgan fingerprint density at radius 2 is 1.65 bits per heavy atom. The average molecular weight is 277 g/mol. The van der Waals surface area contributed by atoms with E-state index in [1.165, 1.54) is 24.5 Å². The molecule has 1 aliphatic rings. The standard InChI is InChI=1S/C13H19N5O2/c1-16-10-9(11(19)17(2)13(16)20)14-12(15-10)18-7-5-3-4-6-8-18/h3-8H2,1-2H3,(H,14,15). The molecular formula is C13H19N5O2. The third kappa shape index (κ3) is 1.93. The SMILES string of the molecule is Cn1c(=O)c2[nH]c(N3CCCCCC3)nc2n(C)c1=O. The van der Waals surface area contributed by atoms with Crippen LogP contribution in [0.15, 0.2) is 9.59 Å². The van der Waals surface area contributed by atoms with Gasteiger partial charge in [-0.15, -0.1) is 0 Å². The van der Waals surface area contributed by atoms with Crippen LogP contribution in [0.4, 0.5) is 5.95 Å². The molecule has 20 heavy (non-hydrogen) atoms. The van der Waals surface area contributed by atoms with Crippen molar-refractivity contribution in [2.75, 3.05) is 18.0 Å². The molecule has 1 N–H and O–H groups in total. The number of H-pyrrole nitrogens is 1. The van der Waals surface area contributed by atoms with Gasteiger partial charge in [-0.3, -0.25) is 13.9 Å². The molecule has 1 saturated heterocycles. The molecule has 0 amide bonds. The normalized spacial score (nSPS) is 16.6. The van der Waals surface area contributed by atoms with E-state index in [-0.39, 0.29) is 11.2 Å². The summed E-state index contributed by atoms with van der Waals surface area (Å²) < 4.78 is 2.52. The number of aromatic nitrogens is 4. The number of imidazole rings is 1. The van der Waals surface area contributed by atoms with Gasteiger partial charge in [-0.1, -0.05) is 12.8 Å². The Balaban J connectivity index is 2.15. The van der Waals surface area contributed by atoms with Crippen molar-refractivity contribution in [3.05, 3.63) is 20.8 Å². The number of anilines is 1. The lowest BCUT2D eigenvalue weighted by Gasteiger charge is -2.18. The van der Waals surface area contributed by atoms with Gasteiger partial charge in [-0.05, 0) is 12.8 Å². The van der Waals surface area contributed by atoms with Gasteiger partial charge in [0, 0.05) is 27.2 Å². The Bertz CT molecular complexity index is 746. The van der Waals surface area contributed by atoms with Gasteiger partial charge < -0.3 is 9.88 Å². The fourth-order valence-corrected chi connectivity index (χ4v) is 2.75. The average Bonchev–Trinajstić information content (AvgIpc) is 2.71. The number of nitrogens with zero attached hydrogens (tertiary/aromatic N) is 4. The molecule has 0 aromatic carbocycles. The van der Waals surface area contributed by atoms with Gasteiger partial charge in [0.15, 0.2) is 11.2 Å². The zero-order valence-corrected chi connectivity index (χ0v) is 11.8. The number of aromatic amines is 1. The van der Waals surface area contributed by atoms with E-state index in [4.69, 9.17) is 0 Å². The third-order valence-electron chi connectivity index (χ3n) is 3.99. The lowest BCUT2D eigenvalue weighted by molar-refractivity contribution is 0.708. The van der Waals surface area contributed by atoms with Crippen molar-refractivity contribution in [2.24, 2.45) is 14.1 Å². The Labute approximate surface area is 115 Å². The molecule has 0 spiro atoms. The highest BCUT2D eigenvalue weighted by molar-refractivity contribution is 5.72. The van der Waals surface area contributed by atoms with Gasteiger partial charge in [0.05, 0.1) is 0 Å². The summed E-state index contributed by atoms with van der Waals surface area (Å²) in [6.07, 6.45) is 4.73. The summed E-state index contributed by atoms with van der Waals surface area (Å²) in [4.78, 5) is 33.7. The van der Waals surface area contributed by atoms with Crippen LogP contribution in [0.3, 0.4) is 0 Å². The number of nitrogens with one attached hydrogen (secondary N) is 1. The zero-order chi connectivity index (χ0) is 14.3. The van der Waals surface area contributed by atoms with Crippen LogP contribution in [-0.4, -0.2) is 32.2 Å². The molecule has 108 valence electrons. The first kappa shape index (κ1) is 13.0. The Morgan fingerprint density at radius 1 is 1.00 bits per heavy atom. The van der Waals surface area contributed by atoms with Crippen LogP contribution in [0.1, 0.15) is 25.7 Å². The molecule has 3 rings (SSSR count). The van der Waals surface area contributed by atoms with E-state index in [1.807, 2.05) is 0 Å². The van der Waals surface area contributed by atoms with Crippen molar-refractivity contribution in [1.29, 1.82) is 0 Å². The van der Waals surface area contributed by atoms with Crippen molar-refractivity contribution in [3.8, 4) is 0 Å². The molecule has 0 saturated carbocycles. The monoisotopic (exact) mass is 277 g/mol. The van der Waals surface area contributed by atoms with Gasteiger partial charge in [0.2, 0.25) is 5.95 Å². The number of rotatable bonds is 1. The molecule has 0 unspecified atom stereocenters. The number of hydrogen-bond acceptors (Lipinski definition) is 4. The Hall–Kier alpha value is -2.05. The molecule has 0 atom stereocenters. The lowest BCUT2D eigenvalue weighted by Crippen LogP contribution is -2.36. The van der Waals surface area contributed by atoms with Crippen LogP contribution in [0.2, 0.25) is 0 Å². The van der Waals surface area contributed by atoms with E-state index < -0.39 is 0 Å². The van der Waals surface area contributed by atoms with Crippen molar-refractivity contribution >= 4 is 17.1 Å². The largest absolute Gasteiger partial charge is 0.342 e. The second-order valence-electron chi connectivity index (χ2n) is 5.37. The maximum absolute atomic E-state index is 12.1. The number of hydrogen-bond donors (Lipinski definition) is 1. The van der Waals surface area contributed by atoms with Crippen molar-refractivity contribution in [2.45, 2.75) is 25.7 Å². The minimum Gasteiger partial charge on any atom is -0.342 e. The maximum atomic E-state index is 12.1. The van der Waals surface area contributed by atoms with E-state index in [1.54, 1.807) is 7.05 Å². The fraction of sp³-hybridized carbons (Fsp3) is 0.615. The summed E-state index contributed by atoms with van der Waals surface area (Å²) in [6.45, 7) is 1.88. The van der Waals surface area contributed by atoms with Gasteiger partial charge in [0.25, 0.3) is 5.56 Å². The summed E-state index contributed by atoms with van der Waals surface area (Å²) >= 11 is 0. The molecule has 0 radical (unpaired) electrons. The van der Waals surface area contributed by atoms with Crippen LogP contribution >= 0.6 is 0 Å². The predicted molar refractivity (Wildman–Crippen MR) is 77.3 cm³/mol. The molecule has 0 aliphatic carbocycles. The first-order valence-electron chi connectivity index (χ1n) is 7.00. The molecular weight excluding hydrogens is 258 g/mol. The van der Waals surface area contributed by atoms with E-state index in [0.717, 1.165) is 30.5 Å². The predicted octanol–water partition coefficient (Wildman–Crippen LogP) is 0.341. The number of fused-ring (bicyclic) bond motifs is 1. The highest BCUT2D eigenvalue weighted by Crippen LogP contribution is 2.18. The Morgan fingerprint density at radius 3 is 2.30 bits per heavy atom. The first-order valence-corrected chi connectivity index (χ1v) is 7.00. The second kappa shape index (κ2) is 4.81. The molecule has 7 nitrogen and oxygen atoms in total. The molecule has 1 aliphatic heterocycles. The van der Waals surface area contributed by atoms with Crippen LogP contribution in [0.25, 0.3) is 11.2 Å². The van der Waals surface area contributed by atoms with Crippen molar-refractivity contribution in [3.63, 3.8) is 0 Å². The molecule has 0 bridgehead atoms. The molecule has 2 aromatic rings. The third-order valence-corrected chi connectivity index (χ3v) is 3.99. The highest BCUT2D eigenvalue weighted by atomic mass is 16.2. The van der Waals surface area contributed by atoms with Crippen LogP contribution in [0.5, 0.6) is 0 Å². The fourth-order valence-electron chi connectivity index (χ4n) is 2.75. The summed E-state index contributed by atoms with van der Waals surface area (Å²) in [5, 5.41) is 0. The van der Waals surface area contributed by atoms with Gasteiger partial charge in [-0.25, -0.2) is 4.79 Å². The lowest BCUT2D eigenvalue weighted by atomic mass is 10.2. The van der Waals surface area contributed by atoms with E-state index in [0.29, 0.717) is 17.1 Å². The quantitative estimate of drug-likeness (QED) is 0.815. The summed E-state index contributed by atoms with van der Waals surface area (Å²) in [7, 11) is 3.12. The van der Waals surface area contributed by atoms with Gasteiger partial charge in [-0.2, -0.15) is 4.98 Å². The number of aryl methyl sites for hydroxylation is 1. The van der Waals surface area contributed by atoms with E-state index in [9.17, 15) is 9.59 Å². The maximum Gasteiger partial charge on any atom is 0.332 e. The minimum atomic E-state index is -0.351. The van der Waals surface area contributed by atoms with Crippen molar-refractivity contribution < 1.29 is 0 Å². The molecule has 2 aromatic heterocycles. The summed E-state index contributed by atoms with van der Waals surface area (Å²) in [6, 6.07) is 0.